The fourth-order valence-corrected chi connectivity index (χ4v) is 5.18. The minimum atomic E-state index is -0.196. The van der Waals surface area contributed by atoms with E-state index in [-0.39, 0.29) is 17.1 Å². The summed E-state index contributed by atoms with van der Waals surface area (Å²) < 4.78 is 1.79. The van der Waals surface area contributed by atoms with E-state index in [0.717, 1.165) is 28.0 Å². The van der Waals surface area contributed by atoms with E-state index in [0.29, 0.717) is 21.3 Å². The van der Waals surface area contributed by atoms with E-state index in [1.54, 1.807) is 4.68 Å². The first-order valence-corrected chi connectivity index (χ1v) is 9.64. The third kappa shape index (κ3) is 2.79. The number of aryl methyl sites for hydroxylation is 2. The van der Waals surface area contributed by atoms with Crippen molar-refractivity contribution in [3.8, 4) is 0 Å². The molecular weight excluding hydrogens is 356 g/mol. The average molecular weight is 374 g/mol. The molecule has 1 aliphatic carbocycles. The number of ketones is 1. The molecule has 1 N–H and O–H groups in total. The van der Waals surface area contributed by atoms with Crippen LogP contribution in [0.2, 0.25) is 0 Å². The van der Waals surface area contributed by atoms with Gasteiger partial charge >= 0.3 is 0 Å². The van der Waals surface area contributed by atoms with Crippen LogP contribution >= 0.6 is 22.7 Å². The maximum Gasteiger partial charge on any atom is 0.267 e. The van der Waals surface area contributed by atoms with E-state index in [1.165, 1.54) is 22.7 Å². The summed E-state index contributed by atoms with van der Waals surface area (Å²) in [4.78, 5) is 31.6. The predicted molar refractivity (Wildman–Crippen MR) is 99.8 cm³/mol. The Kier molecular flexibility index (Phi) is 3.59. The van der Waals surface area contributed by atoms with Crippen LogP contribution in [0.15, 0.2) is 6.07 Å². The molecule has 0 saturated carbocycles. The van der Waals surface area contributed by atoms with Crippen LogP contribution in [0, 0.1) is 12.3 Å². The van der Waals surface area contributed by atoms with Gasteiger partial charge in [0.2, 0.25) is 0 Å². The van der Waals surface area contributed by atoms with Crippen LogP contribution in [0.5, 0.6) is 0 Å². The number of aromatic nitrogens is 3. The first-order valence-electron chi connectivity index (χ1n) is 8.01. The van der Waals surface area contributed by atoms with Crippen LogP contribution in [-0.4, -0.2) is 26.5 Å². The number of nitrogens with zero attached hydrogens (tertiary/aromatic N) is 3. The summed E-state index contributed by atoms with van der Waals surface area (Å²) in [5.74, 6) is -0.0776. The molecule has 6 nitrogen and oxygen atoms in total. The molecule has 0 atom stereocenters. The fourth-order valence-electron chi connectivity index (χ4n) is 3.25. The van der Waals surface area contributed by atoms with Gasteiger partial charge in [-0.15, -0.1) is 11.3 Å². The van der Waals surface area contributed by atoms with Crippen molar-refractivity contribution in [3.05, 3.63) is 27.2 Å². The number of Topliss-reactive ketones (excluding diaryl/α,β-unsaturated/α-hetero) is 1. The van der Waals surface area contributed by atoms with Crippen molar-refractivity contribution in [2.75, 3.05) is 5.32 Å². The molecule has 0 spiro atoms. The van der Waals surface area contributed by atoms with E-state index in [9.17, 15) is 9.59 Å². The zero-order valence-corrected chi connectivity index (χ0v) is 16.1. The molecule has 0 unspecified atom stereocenters. The summed E-state index contributed by atoms with van der Waals surface area (Å²) >= 11 is 2.68. The lowest BCUT2D eigenvalue weighted by atomic mass is 9.78. The van der Waals surface area contributed by atoms with Gasteiger partial charge < -0.3 is 0 Å². The highest BCUT2D eigenvalue weighted by Gasteiger charge is 2.34. The van der Waals surface area contributed by atoms with Crippen molar-refractivity contribution in [2.24, 2.45) is 12.5 Å². The molecule has 0 saturated heterocycles. The second kappa shape index (κ2) is 5.47. The highest BCUT2D eigenvalue weighted by atomic mass is 32.1. The van der Waals surface area contributed by atoms with E-state index >= 15 is 0 Å². The van der Waals surface area contributed by atoms with Crippen molar-refractivity contribution in [3.63, 3.8) is 0 Å². The van der Waals surface area contributed by atoms with Gasteiger partial charge in [0, 0.05) is 18.9 Å². The topological polar surface area (TPSA) is 76.9 Å². The Hall–Kier alpha value is -2.06. The van der Waals surface area contributed by atoms with Crippen molar-refractivity contribution in [2.45, 2.75) is 33.6 Å². The maximum atomic E-state index is 12.6. The second-order valence-corrected chi connectivity index (χ2v) is 9.26. The number of rotatable bonds is 2. The first-order chi connectivity index (χ1) is 11.7. The Labute approximate surface area is 152 Å². The van der Waals surface area contributed by atoms with Crippen molar-refractivity contribution < 1.29 is 9.59 Å². The van der Waals surface area contributed by atoms with E-state index in [4.69, 9.17) is 0 Å². The average Bonchev–Trinajstić information content (AvgIpc) is 3.15. The largest absolute Gasteiger partial charge is 0.297 e. The zero-order chi connectivity index (χ0) is 17.9. The molecule has 3 aromatic heterocycles. The SMILES string of the molecule is Cc1nn(C)c2sc(C(=O)Nc3nc4c(s3)C(=O)CC(C)(C)C4)cc12. The highest BCUT2D eigenvalue weighted by molar-refractivity contribution is 7.21. The van der Waals surface area contributed by atoms with Gasteiger partial charge in [0.1, 0.15) is 4.83 Å². The molecule has 0 aliphatic heterocycles. The predicted octanol–water partition coefficient (Wildman–Crippen LogP) is 3.81. The normalized spacial score (nSPS) is 16.2. The van der Waals surface area contributed by atoms with Crippen LogP contribution in [0.3, 0.4) is 0 Å². The third-order valence-corrected chi connectivity index (χ3v) is 6.63. The van der Waals surface area contributed by atoms with Crippen LogP contribution in [-0.2, 0) is 13.5 Å². The molecule has 4 rings (SSSR count). The minimum absolute atomic E-state index is 0.0740. The first kappa shape index (κ1) is 16.4. The fraction of sp³-hybridized carbons (Fsp3) is 0.412. The quantitative estimate of drug-likeness (QED) is 0.740. The summed E-state index contributed by atoms with van der Waals surface area (Å²) in [6, 6.07) is 1.86. The molecule has 25 heavy (non-hydrogen) atoms. The van der Waals surface area contributed by atoms with Gasteiger partial charge in [0.25, 0.3) is 5.91 Å². The Morgan fingerprint density at radius 1 is 1.32 bits per heavy atom. The minimum Gasteiger partial charge on any atom is -0.297 e. The molecular formula is C17H18N4O2S2. The third-order valence-electron chi connectivity index (χ3n) is 4.38. The van der Waals surface area contributed by atoms with E-state index in [1.807, 2.05) is 20.0 Å². The second-order valence-electron chi connectivity index (χ2n) is 7.23. The Bertz CT molecular complexity index is 991. The molecule has 8 heteroatoms. The summed E-state index contributed by atoms with van der Waals surface area (Å²) in [6.45, 7) is 6.07. The standard InChI is InChI=1S/C17H18N4O2S2/c1-8-9-5-12(24-15(9)21(4)20-8)14(23)19-16-18-10-6-17(2,3)7-11(22)13(10)25-16/h5H,6-7H2,1-4H3,(H,18,19,23). The van der Waals surface area contributed by atoms with Gasteiger partial charge in [-0.2, -0.15) is 5.10 Å². The lowest BCUT2D eigenvalue weighted by Crippen LogP contribution is -2.26. The summed E-state index contributed by atoms with van der Waals surface area (Å²) in [6.07, 6.45) is 1.28. The van der Waals surface area contributed by atoms with Gasteiger partial charge in [-0.05, 0) is 24.8 Å². The number of hydrogen-bond acceptors (Lipinski definition) is 6. The monoisotopic (exact) mass is 374 g/mol. The van der Waals surface area contributed by atoms with Crippen molar-refractivity contribution >= 4 is 49.7 Å². The number of hydrogen-bond donors (Lipinski definition) is 1. The number of nitrogens with one attached hydrogen (secondary N) is 1. The molecule has 130 valence electrons. The van der Waals surface area contributed by atoms with Gasteiger partial charge in [-0.25, -0.2) is 4.98 Å². The Morgan fingerprint density at radius 3 is 2.80 bits per heavy atom. The van der Waals surface area contributed by atoms with Crippen LogP contribution < -0.4 is 5.32 Å². The van der Waals surface area contributed by atoms with Crippen LogP contribution in [0.4, 0.5) is 5.13 Å². The molecule has 1 aliphatic rings. The van der Waals surface area contributed by atoms with Crippen LogP contribution in [0.25, 0.3) is 10.2 Å². The van der Waals surface area contributed by atoms with Gasteiger partial charge in [0.05, 0.1) is 21.1 Å². The number of anilines is 1. The number of thiophene rings is 1. The van der Waals surface area contributed by atoms with E-state index < -0.39 is 0 Å². The number of amides is 1. The number of carbonyl (C=O) groups is 2. The van der Waals surface area contributed by atoms with Crippen LogP contribution in [0.1, 0.15) is 51.0 Å². The summed E-state index contributed by atoms with van der Waals surface area (Å²) in [5, 5.41) is 8.69. The molecule has 0 bridgehead atoms. The molecule has 0 fully saturated rings. The zero-order valence-electron chi connectivity index (χ0n) is 14.5. The summed E-state index contributed by atoms with van der Waals surface area (Å²) in [7, 11) is 1.87. The number of thiazole rings is 1. The summed E-state index contributed by atoms with van der Waals surface area (Å²) in [5.41, 5.74) is 1.64. The molecule has 3 heterocycles. The van der Waals surface area contributed by atoms with Crippen molar-refractivity contribution in [1.29, 1.82) is 0 Å². The maximum absolute atomic E-state index is 12.6. The van der Waals surface area contributed by atoms with Gasteiger partial charge in [-0.1, -0.05) is 25.2 Å². The van der Waals surface area contributed by atoms with Gasteiger partial charge in [0.15, 0.2) is 10.9 Å². The lowest BCUT2D eigenvalue weighted by Gasteiger charge is -2.26. The highest BCUT2D eigenvalue weighted by Crippen LogP contribution is 2.38. The molecule has 3 aromatic rings. The molecule has 0 aromatic carbocycles. The Balaban J connectivity index is 1.61. The van der Waals surface area contributed by atoms with E-state index in [2.05, 4.69) is 29.2 Å². The van der Waals surface area contributed by atoms with Gasteiger partial charge in [-0.3, -0.25) is 19.6 Å². The Morgan fingerprint density at radius 2 is 2.08 bits per heavy atom. The number of carbonyl (C=O) groups excluding carboxylic acids is 2. The smallest absolute Gasteiger partial charge is 0.267 e. The number of fused-ring (bicyclic) bond motifs is 2. The molecule has 0 radical (unpaired) electrons. The van der Waals surface area contributed by atoms with Crippen molar-refractivity contribution in [1.82, 2.24) is 14.8 Å². The lowest BCUT2D eigenvalue weighted by molar-refractivity contribution is 0.0915. The molecule has 1 amide bonds.